The molecule has 1 spiro atoms. The molecule has 0 aromatic rings. The monoisotopic (exact) mass is 204 g/mol. The number of hydrogen-bond donors (Lipinski definition) is 0. The molecule has 2 bridgehead atoms. The van der Waals surface area contributed by atoms with E-state index in [9.17, 15) is 0 Å². The van der Waals surface area contributed by atoms with Crippen LogP contribution >= 0.6 is 0 Å². The summed E-state index contributed by atoms with van der Waals surface area (Å²) in [7, 11) is 0. The fourth-order valence-corrected chi connectivity index (χ4v) is 5.33. The van der Waals surface area contributed by atoms with Crippen molar-refractivity contribution in [2.75, 3.05) is 0 Å². The predicted molar refractivity (Wildman–Crippen MR) is 64.6 cm³/mol. The quantitative estimate of drug-likeness (QED) is 0.513. The second-order valence-corrected chi connectivity index (χ2v) is 6.98. The Labute approximate surface area is 94.1 Å². The fourth-order valence-electron chi connectivity index (χ4n) is 5.33. The molecular formula is C15H24. The summed E-state index contributed by atoms with van der Waals surface area (Å²) in [5.41, 5.74) is 2.96. The Morgan fingerprint density at radius 1 is 1.33 bits per heavy atom. The summed E-state index contributed by atoms with van der Waals surface area (Å²) >= 11 is 0. The Balaban J connectivity index is 2.08. The van der Waals surface area contributed by atoms with Crippen LogP contribution in [0.3, 0.4) is 0 Å². The molecule has 0 heterocycles. The molecule has 2 fully saturated rings. The molecule has 3 aliphatic rings. The van der Waals surface area contributed by atoms with Crippen LogP contribution in [0.2, 0.25) is 0 Å². The van der Waals surface area contributed by atoms with Crippen molar-refractivity contribution in [3.63, 3.8) is 0 Å². The van der Waals surface area contributed by atoms with E-state index < -0.39 is 0 Å². The van der Waals surface area contributed by atoms with Gasteiger partial charge in [-0.1, -0.05) is 32.4 Å². The molecule has 84 valence electrons. The maximum atomic E-state index is 2.54. The van der Waals surface area contributed by atoms with Gasteiger partial charge in [0, 0.05) is 0 Å². The van der Waals surface area contributed by atoms with Gasteiger partial charge in [-0.05, 0) is 61.2 Å². The number of fused-ring (bicyclic) bond motifs is 1. The summed E-state index contributed by atoms with van der Waals surface area (Å²) < 4.78 is 0. The zero-order valence-electron chi connectivity index (χ0n) is 10.6. The lowest BCUT2D eigenvalue weighted by Gasteiger charge is -2.37. The highest BCUT2D eigenvalue weighted by Gasteiger charge is 2.62. The van der Waals surface area contributed by atoms with Gasteiger partial charge in [0.1, 0.15) is 0 Å². The molecule has 0 radical (unpaired) electrons. The lowest BCUT2D eigenvalue weighted by Crippen LogP contribution is -2.28. The van der Waals surface area contributed by atoms with Gasteiger partial charge >= 0.3 is 0 Å². The molecule has 0 nitrogen and oxygen atoms in total. The van der Waals surface area contributed by atoms with E-state index in [1.165, 1.54) is 25.7 Å². The van der Waals surface area contributed by atoms with Gasteiger partial charge in [-0.15, -0.1) is 0 Å². The Kier molecular flexibility index (Phi) is 1.79. The summed E-state index contributed by atoms with van der Waals surface area (Å²) in [6, 6.07) is 0. The minimum Gasteiger partial charge on any atom is -0.0847 e. The van der Waals surface area contributed by atoms with E-state index in [1.807, 2.05) is 0 Å². The molecule has 0 amide bonds. The summed E-state index contributed by atoms with van der Waals surface area (Å²) in [4.78, 5) is 0. The van der Waals surface area contributed by atoms with Crippen molar-refractivity contribution in [1.82, 2.24) is 0 Å². The first-order chi connectivity index (χ1) is 6.98. The zero-order chi connectivity index (χ0) is 10.8. The topological polar surface area (TPSA) is 0 Å². The molecular weight excluding hydrogens is 180 g/mol. The fraction of sp³-hybridized carbons (Fsp3) is 0.867. The van der Waals surface area contributed by atoms with Crippen LogP contribution in [0.25, 0.3) is 0 Å². The van der Waals surface area contributed by atoms with Crippen molar-refractivity contribution in [1.29, 1.82) is 0 Å². The molecule has 0 aliphatic heterocycles. The van der Waals surface area contributed by atoms with E-state index in [4.69, 9.17) is 0 Å². The minimum atomic E-state index is 0.587. The Morgan fingerprint density at radius 3 is 2.80 bits per heavy atom. The van der Waals surface area contributed by atoms with Crippen LogP contribution in [0.5, 0.6) is 0 Å². The Bertz CT molecular complexity index is 323. The van der Waals surface area contributed by atoms with E-state index in [2.05, 4.69) is 33.8 Å². The normalized spacial score (nSPS) is 51.5. The molecule has 0 heteroatoms. The first-order valence-corrected chi connectivity index (χ1v) is 6.66. The van der Waals surface area contributed by atoms with Crippen molar-refractivity contribution in [3.05, 3.63) is 11.6 Å². The van der Waals surface area contributed by atoms with Crippen LogP contribution < -0.4 is 0 Å². The molecule has 4 atom stereocenters. The summed E-state index contributed by atoms with van der Waals surface area (Å²) in [5, 5.41) is 0. The molecule has 15 heavy (non-hydrogen) atoms. The van der Waals surface area contributed by atoms with E-state index in [1.54, 1.807) is 5.57 Å². The summed E-state index contributed by atoms with van der Waals surface area (Å²) in [5.74, 6) is 2.91. The van der Waals surface area contributed by atoms with Crippen molar-refractivity contribution in [2.45, 2.75) is 53.4 Å². The largest absolute Gasteiger partial charge is 0.0847 e. The highest BCUT2D eigenvalue weighted by Crippen LogP contribution is 2.70. The maximum Gasteiger partial charge on any atom is -0.00514 e. The van der Waals surface area contributed by atoms with Crippen LogP contribution in [0.4, 0.5) is 0 Å². The number of allylic oxidation sites excluding steroid dienone is 2. The third-order valence-corrected chi connectivity index (χ3v) is 6.28. The average Bonchev–Trinajstić information content (AvgIpc) is 2.57. The first-order valence-electron chi connectivity index (χ1n) is 6.66. The van der Waals surface area contributed by atoms with Crippen molar-refractivity contribution in [3.8, 4) is 0 Å². The van der Waals surface area contributed by atoms with E-state index in [0.717, 1.165) is 17.8 Å². The molecule has 0 unspecified atom stereocenters. The molecule has 0 aromatic carbocycles. The van der Waals surface area contributed by atoms with Gasteiger partial charge in [0.05, 0.1) is 0 Å². The third kappa shape index (κ3) is 0.990. The third-order valence-electron chi connectivity index (χ3n) is 6.28. The molecule has 3 aliphatic carbocycles. The van der Waals surface area contributed by atoms with E-state index >= 15 is 0 Å². The minimum absolute atomic E-state index is 0.587. The first kappa shape index (κ1) is 9.93. The van der Waals surface area contributed by atoms with Gasteiger partial charge in [-0.25, -0.2) is 0 Å². The second-order valence-electron chi connectivity index (χ2n) is 6.98. The van der Waals surface area contributed by atoms with Crippen LogP contribution in [0.15, 0.2) is 11.6 Å². The number of hydrogen-bond acceptors (Lipinski definition) is 0. The van der Waals surface area contributed by atoms with E-state index in [0.29, 0.717) is 10.8 Å². The van der Waals surface area contributed by atoms with E-state index in [-0.39, 0.29) is 0 Å². The second kappa shape index (κ2) is 2.70. The zero-order valence-corrected chi connectivity index (χ0v) is 10.6. The summed E-state index contributed by atoms with van der Waals surface area (Å²) in [6.45, 7) is 9.96. The molecule has 2 saturated carbocycles. The van der Waals surface area contributed by atoms with Crippen molar-refractivity contribution >= 4 is 0 Å². The Hall–Kier alpha value is -0.260. The van der Waals surface area contributed by atoms with Gasteiger partial charge in [0.2, 0.25) is 0 Å². The van der Waals surface area contributed by atoms with Gasteiger partial charge in [-0.3, -0.25) is 0 Å². The predicted octanol–water partition coefficient (Wildman–Crippen LogP) is 4.42. The molecule has 0 aromatic heterocycles. The van der Waals surface area contributed by atoms with Crippen molar-refractivity contribution in [2.24, 2.45) is 28.6 Å². The van der Waals surface area contributed by atoms with Gasteiger partial charge in [0.25, 0.3) is 0 Å². The highest BCUT2D eigenvalue weighted by molar-refractivity contribution is 5.28. The average molecular weight is 204 g/mol. The van der Waals surface area contributed by atoms with Gasteiger partial charge in [-0.2, -0.15) is 0 Å². The van der Waals surface area contributed by atoms with Crippen LogP contribution in [0, 0.1) is 28.6 Å². The number of rotatable bonds is 0. The van der Waals surface area contributed by atoms with Gasteiger partial charge < -0.3 is 0 Å². The molecule has 3 rings (SSSR count). The van der Waals surface area contributed by atoms with Crippen LogP contribution in [-0.2, 0) is 0 Å². The lowest BCUT2D eigenvalue weighted by atomic mass is 9.67. The SMILES string of the molecule is CC1=CC[C@@H]2C(C)(C)[C@@H]3C[C@]12CC[C@H]3C. The molecule has 0 saturated heterocycles. The molecule has 0 N–H and O–H groups in total. The van der Waals surface area contributed by atoms with Crippen molar-refractivity contribution < 1.29 is 0 Å². The smallest absolute Gasteiger partial charge is 0.00514 e. The maximum absolute atomic E-state index is 2.54. The highest BCUT2D eigenvalue weighted by atomic mass is 14.7. The van der Waals surface area contributed by atoms with Crippen LogP contribution in [0.1, 0.15) is 53.4 Å². The van der Waals surface area contributed by atoms with Crippen LogP contribution in [-0.4, -0.2) is 0 Å². The summed E-state index contributed by atoms with van der Waals surface area (Å²) in [6.07, 6.45) is 8.34. The lowest BCUT2D eigenvalue weighted by molar-refractivity contribution is 0.144. The standard InChI is InChI=1S/C15H24/c1-10-7-8-15-9-12(10)14(3,4)13(15)6-5-11(15)2/h5,10,12-13H,6-9H2,1-4H3/t10-,12-,13-,15-/m1/s1. The Morgan fingerprint density at radius 2 is 2.07 bits per heavy atom. The van der Waals surface area contributed by atoms with Gasteiger partial charge in [0.15, 0.2) is 0 Å².